The molecule has 0 fully saturated rings. The number of ketones is 1. The Kier molecular flexibility index (Phi) is 9.40. The number of rotatable bonds is 10. The number of Topliss-reactive ketones (excluding diaryl/α,β-unsaturated/α-hetero) is 1. The molecule has 4 unspecified atom stereocenters. The summed E-state index contributed by atoms with van der Waals surface area (Å²) in [4.78, 5) is 12.3. The van der Waals surface area contributed by atoms with Crippen LogP contribution in [0.1, 0.15) is 80.1 Å². The summed E-state index contributed by atoms with van der Waals surface area (Å²) in [5, 5.41) is 0. The lowest BCUT2D eigenvalue weighted by atomic mass is 9.83. The normalized spacial score (nSPS) is 18.1. The van der Waals surface area contributed by atoms with Gasteiger partial charge in [-0.15, -0.1) is 0 Å². The molecule has 0 N–H and O–H groups in total. The second-order valence-electron chi connectivity index (χ2n) is 6.46. The Morgan fingerprint density at radius 3 is 1.39 bits per heavy atom. The van der Waals surface area contributed by atoms with E-state index in [0.29, 0.717) is 17.6 Å². The maximum atomic E-state index is 12.3. The van der Waals surface area contributed by atoms with Gasteiger partial charge in [0, 0.05) is 11.8 Å². The van der Waals surface area contributed by atoms with Crippen LogP contribution in [0.3, 0.4) is 0 Å². The Bertz CT molecular complexity index is 200. The highest BCUT2D eigenvalue weighted by Gasteiger charge is 2.22. The van der Waals surface area contributed by atoms with Crippen LogP contribution in [0.15, 0.2) is 0 Å². The van der Waals surface area contributed by atoms with Crippen molar-refractivity contribution in [2.75, 3.05) is 0 Å². The topological polar surface area (TPSA) is 17.1 Å². The van der Waals surface area contributed by atoms with Crippen LogP contribution in [0.25, 0.3) is 0 Å². The molecule has 0 amide bonds. The monoisotopic (exact) mass is 254 g/mol. The van der Waals surface area contributed by atoms with Gasteiger partial charge in [0.2, 0.25) is 0 Å². The summed E-state index contributed by atoms with van der Waals surface area (Å²) in [5.74, 6) is 2.36. The van der Waals surface area contributed by atoms with Gasteiger partial charge in [0.15, 0.2) is 0 Å². The smallest absolute Gasteiger partial charge is 0.138 e. The van der Waals surface area contributed by atoms with Crippen LogP contribution in [-0.2, 0) is 4.79 Å². The van der Waals surface area contributed by atoms with Crippen molar-refractivity contribution in [2.45, 2.75) is 80.1 Å². The average Bonchev–Trinajstić information content (AvgIpc) is 2.28. The third-order valence-corrected chi connectivity index (χ3v) is 4.05. The molecule has 0 aromatic carbocycles. The molecule has 0 spiro atoms. The molecule has 4 atom stereocenters. The third kappa shape index (κ3) is 7.18. The van der Waals surface area contributed by atoms with Gasteiger partial charge in [-0.1, -0.05) is 67.2 Å². The first-order valence-electron chi connectivity index (χ1n) is 7.95. The largest absolute Gasteiger partial charge is 0.299 e. The van der Waals surface area contributed by atoms with Crippen molar-refractivity contribution in [3.05, 3.63) is 0 Å². The minimum absolute atomic E-state index is 0.246. The van der Waals surface area contributed by atoms with Crippen LogP contribution >= 0.6 is 0 Å². The van der Waals surface area contributed by atoms with Gasteiger partial charge < -0.3 is 0 Å². The van der Waals surface area contributed by atoms with Crippen molar-refractivity contribution in [1.29, 1.82) is 0 Å². The molecule has 18 heavy (non-hydrogen) atoms. The van der Waals surface area contributed by atoms with Crippen molar-refractivity contribution in [3.8, 4) is 0 Å². The van der Waals surface area contributed by atoms with Crippen molar-refractivity contribution < 1.29 is 4.79 Å². The van der Waals surface area contributed by atoms with E-state index in [2.05, 4.69) is 41.5 Å². The van der Waals surface area contributed by atoms with Crippen molar-refractivity contribution in [3.63, 3.8) is 0 Å². The lowest BCUT2D eigenvalue weighted by Crippen LogP contribution is -2.22. The van der Waals surface area contributed by atoms with Crippen LogP contribution in [0, 0.1) is 23.7 Å². The van der Waals surface area contributed by atoms with Crippen molar-refractivity contribution in [1.82, 2.24) is 0 Å². The van der Waals surface area contributed by atoms with Gasteiger partial charge in [0.05, 0.1) is 0 Å². The molecule has 0 aliphatic carbocycles. The summed E-state index contributed by atoms with van der Waals surface area (Å²) < 4.78 is 0. The standard InChI is InChI=1S/C17H34O/c1-7-9-13(3)11-15(5)17(18)16(6)12-14(4)10-8-2/h13-16H,7-12H2,1-6H3. The molecule has 1 nitrogen and oxygen atoms in total. The number of carbonyl (C=O) groups excluding carboxylic acids is 1. The Morgan fingerprint density at radius 2 is 1.11 bits per heavy atom. The first kappa shape index (κ1) is 17.7. The second kappa shape index (κ2) is 9.58. The summed E-state index contributed by atoms with van der Waals surface area (Å²) in [7, 11) is 0. The minimum atomic E-state index is 0.246. The summed E-state index contributed by atoms with van der Waals surface area (Å²) in [6.45, 7) is 13.2. The van der Waals surface area contributed by atoms with E-state index < -0.39 is 0 Å². The zero-order chi connectivity index (χ0) is 14.1. The maximum Gasteiger partial charge on any atom is 0.138 e. The average molecular weight is 254 g/mol. The van der Waals surface area contributed by atoms with E-state index in [4.69, 9.17) is 0 Å². The van der Waals surface area contributed by atoms with Crippen LogP contribution < -0.4 is 0 Å². The molecule has 0 saturated carbocycles. The molecule has 0 aromatic heterocycles. The molecule has 0 bridgehead atoms. The lowest BCUT2D eigenvalue weighted by Gasteiger charge is -2.21. The second-order valence-corrected chi connectivity index (χ2v) is 6.46. The molecule has 0 aromatic rings. The van der Waals surface area contributed by atoms with Crippen LogP contribution in [-0.4, -0.2) is 5.78 Å². The van der Waals surface area contributed by atoms with E-state index in [1.54, 1.807) is 0 Å². The zero-order valence-corrected chi connectivity index (χ0v) is 13.5. The predicted octanol–water partition coefficient (Wildman–Crippen LogP) is 5.48. The molecule has 1 heteroatoms. The van der Waals surface area contributed by atoms with Gasteiger partial charge in [-0.25, -0.2) is 0 Å². The fourth-order valence-corrected chi connectivity index (χ4v) is 3.15. The molecular formula is C17H34O. The molecule has 0 aliphatic rings. The SMILES string of the molecule is CCCC(C)CC(C)C(=O)C(C)CC(C)CCC. The first-order chi connectivity index (χ1) is 8.42. The quantitative estimate of drug-likeness (QED) is 0.504. The van der Waals surface area contributed by atoms with Gasteiger partial charge in [-0.2, -0.15) is 0 Å². The predicted molar refractivity (Wildman–Crippen MR) is 80.7 cm³/mol. The van der Waals surface area contributed by atoms with E-state index in [-0.39, 0.29) is 11.8 Å². The van der Waals surface area contributed by atoms with E-state index in [0.717, 1.165) is 12.8 Å². The van der Waals surface area contributed by atoms with E-state index in [1.807, 2.05) is 0 Å². The molecule has 0 radical (unpaired) electrons. The third-order valence-electron chi connectivity index (χ3n) is 4.05. The van der Waals surface area contributed by atoms with E-state index in [9.17, 15) is 4.79 Å². The van der Waals surface area contributed by atoms with Crippen LogP contribution in [0.5, 0.6) is 0 Å². The van der Waals surface area contributed by atoms with Gasteiger partial charge in [0.25, 0.3) is 0 Å². The molecule has 0 heterocycles. The Morgan fingerprint density at radius 1 is 0.778 bits per heavy atom. The fourth-order valence-electron chi connectivity index (χ4n) is 3.15. The summed E-state index contributed by atoms with van der Waals surface area (Å²) in [6, 6.07) is 0. The molecule has 0 aliphatic heterocycles. The summed E-state index contributed by atoms with van der Waals surface area (Å²) in [5.41, 5.74) is 0. The van der Waals surface area contributed by atoms with Gasteiger partial charge in [0.1, 0.15) is 5.78 Å². The van der Waals surface area contributed by atoms with Crippen LogP contribution in [0.2, 0.25) is 0 Å². The van der Waals surface area contributed by atoms with Crippen molar-refractivity contribution >= 4 is 5.78 Å². The fraction of sp³-hybridized carbons (Fsp3) is 0.941. The number of carbonyl (C=O) groups is 1. The van der Waals surface area contributed by atoms with E-state index in [1.165, 1.54) is 25.7 Å². The summed E-state index contributed by atoms with van der Waals surface area (Å²) >= 11 is 0. The highest BCUT2D eigenvalue weighted by atomic mass is 16.1. The van der Waals surface area contributed by atoms with Gasteiger partial charge in [-0.3, -0.25) is 4.79 Å². The first-order valence-corrected chi connectivity index (χ1v) is 7.95. The lowest BCUT2D eigenvalue weighted by molar-refractivity contribution is -0.126. The van der Waals surface area contributed by atoms with E-state index >= 15 is 0 Å². The Balaban J connectivity index is 4.11. The summed E-state index contributed by atoms with van der Waals surface area (Å²) in [6.07, 6.45) is 7.09. The highest BCUT2D eigenvalue weighted by molar-refractivity contribution is 5.82. The Hall–Kier alpha value is -0.330. The highest BCUT2D eigenvalue weighted by Crippen LogP contribution is 2.24. The number of hydrogen-bond acceptors (Lipinski definition) is 1. The molecule has 108 valence electrons. The van der Waals surface area contributed by atoms with Crippen LogP contribution in [0.4, 0.5) is 0 Å². The molecular weight excluding hydrogens is 220 g/mol. The minimum Gasteiger partial charge on any atom is -0.299 e. The maximum absolute atomic E-state index is 12.3. The number of hydrogen-bond donors (Lipinski definition) is 0. The van der Waals surface area contributed by atoms with Gasteiger partial charge in [-0.05, 0) is 24.7 Å². The molecule has 0 saturated heterocycles. The zero-order valence-electron chi connectivity index (χ0n) is 13.5. The van der Waals surface area contributed by atoms with Crippen molar-refractivity contribution in [2.24, 2.45) is 23.7 Å². The molecule has 0 rings (SSSR count). The Labute approximate surface area is 115 Å². The van der Waals surface area contributed by atoms with Gasteiger partial charge >= 0.3 is 0 Å².